The van der Waals surface area contributed by atoms with Crippen molar-refractivity contribution < 1.29 is 18.1 Å². The van der Waals surface area contributed by atoms with E-state index >= 15 is 0 Å². The molecular formula is C12H16N2O5S. The van der Waals surface area contributed by atoms with Crippen molar-refractivity contribution in [3.05, 3.63) is 39.4 Å². The Hall–Kier alpha value is -1.51. The van der Waals surface area contributed by atoms with Crippen molar-refractivity contribution in [1.29, 1.82) is 0 Å². The van der Waals surface area contributed by atoms with Crippen LogP contribution in [0.3, 0.4) is 0 Å². The summed E-state index contributed by atoms with van der Waals surface area (Å²) in [6.07, 6.45) is 0. The molecule has 1 aromatic carbocycles. The summed E-state index contributed by atoms with van der Waals surface area (Å²) in [6.45, 7) is 1.84. The number of nitrogens with two attached hydrogens (primary N) is 1. The second-order valence-corrected chi connectivity index (χ2v) is 7.28. The maximum atomic E-state index is 11.8. The van der Waals surface area contributed by atoms with Gasteiger partial charge in [-0.15, -0.1) is 0 Å². The van der Waals surface area contributed by atoms with E-state index < -0.39 is 20.3 Å². The average Bonchev–Trinajstić information content (AvgIpc) is 2.38. The Morgan fingerprint density at radius 3 is 2.80 bits per heavy atom. The highest BCUT2D eigenvalue weighted by Crippen LogP contribution is 2.32. The largest absolute Gasteiger partial charge is 0.374 e. The Balaban J connectivity index is 2.50. The van der Waals surface area contributed by atoms with E-state index in [1.807, 2.05) is 0 Å². The van der Waals surface area contributed by atoms with Crippen molar-refractivity contribution in [2.75, 3.05) is 18.1 Å². The van der Waals surface area contributed by atoms with E-state index in [4.69, 9.17) is 10.5 Å². The molecule has 8 heteroatoms. The van der Waals surface area contributed by atoms with Crippen LogP contribution >= 0.6 is 0 Å². The smallest absolute Gasteiger partial charge is 0.269 e. The molecule has 0 radical (unpaired) electrons. The average molecular weight is 300 g/mol. The van der Waals surface area contributed by atoms with E-state index in [0.29, 0.717) is 11.1 Å². The van der Waals surface area contributed by atoms with Crippen molar-refractivity contribution >= 4 is 15.5 Å². The van der Waals surface area contributed by atoms with Crippen LogP contribution in [0.15, 0.2) is 18.2 Å². The van der Waals surface area contributed by atoms with Gasteiger partial charge in [-0.25, -0.2) is 8.42 Å². The third-order valence-electron chi connectivity index (χ3n) is 3.38. The van der Waals surface area contributed by atoms with Crippen molar-refractivity contribution in [3.8, 4) is 0 Å². The first-order valence-corrected chi connectivity index (χ1v) is 7.94. The number of hydrogen-bond donors (Lipinski definition) is 1. The summed E-state index contributed by atoms with van der Waals surface area (Å²) in [5.41, 5.74) is 6.00. The maximum Gasteiger partial charge on any atom is 0.269 e. The monoisotopic (exact) mass is 300 g/mol. The second-order valence-electron chi connectivity index (χ2n) is 4.92. The number of ether oxygens (including phenoxy) is 1. The molecule has 1 atom stereocenters. The molecule has 0 bridgehead atoms. The van der Waals surface area contributed by atoms with Crippen LogP contribution < -0.4 is 5.73 Å². The summed E-state index contributed by atoms with van der Waals surface area (Å²) in [5, 5.41) is 10.9. The Morgan fingerprint density at radius 1 is 1.50 bits per heavy atom. The minimum atomic E-state index is -3.33. The van der Waals surface area contributed by atoms with Crippen LogP contribution in [-0.2, 0) is 26.7 Å². The van der Waals surface area contributed by atoms with E-state index in [1.165, 1.54) is 19.1 Å². The van der Waals surface area contributed by atoms with Crippen molar-refractivity contribution in [1.82, 2.24) is 0 Å². The Bertz CT molecular complexity index is 643. The van der Waals surface area contributed by atoms with Gasteiger partial charge in [-0.3, -0.25) is 10.1 Å². The van der Waals surface area contributed by atoms with Crippen molar-refractivity contribution in [2.24, 2.45) is 5.73 Å². The van der Waals surface area contributed by atoms with Gasteiger partial charge < -0.3 is 10.5 Å². The molecule has 0 aliphatic carbocycles. The predicted molar refractivity (Wildman–Crippen MR) is 72.9 cm³/mol. The van der Waals surface area contributed by atoms with Gasteiger partial charge in [0.2, 0.25) is 0 Å². The molecule has 2 N–H and O–H groups in total. The molecule has 1 aliphatic rings. The van der Waals surface area contributed by atoms with Gasteiger partial charge in [0.25, 0.3) is 5.69 Å². The molecule has 1 aromatic rings. The van der Waals surface area contributed by atoms with Gasteiger partial charge in [0, 0.05) is 17.9 Å². The van der Waals surface area contributed by atoms with Gasteiger partial charge in [-0.05, 0) is 17.2 Å². The first kappa shape index (κ1) is 14.9. The van der Waals surface area contributed by atoms with E-state index in [9.17, 15) is 18.5 Å². The summed E-state index contributed by atoms with van der Waals surface area (Å²) in [4.78, 5) is 10.3. The minimum Gasteiger partial charge on any atom is -0.374 e. The summed E-state index contributed by atoms with van der Waals surface area (Å²) < 4.78 is 29.0. The van der Waals surface area contributed by atoms with Crippen LogP contribution in [0.4, 0.5) is 5.69 Å². The number of benzene rings is 1. The predicted octanol–water partition coefficient (Wildman–Crippen LogP) is 0.714. The van der Waals surface area contributed by atoms with Gasteiger partial charge in [-0.1, -0.05) is 6.92 Å². The minimum absolute atomic E-state index is 0.0282. The lowest BCUT2D eigenvalue weighted by Gasteiger charge is -2.35. The number of nitro benzene ring substituents is 1. The zero-order valence-electron chi connectivity index (χ0n) is 11.0. The summed E-state index contributed by atoms with van der Waals surface area (Å²) >= 11 is 0. The Kier molecular flexibility index (Phi) is 3.81. The highest BCUT2D eigenvalue weighted by molar-refractivity contribution is 7.91. The van der Waals surface area contributed by atoms with Gasteiger partial charge in [0.05, 0.1) is 29.4 Å². The van der Waals surface area contributed by atoms with E-state index in [0.717, 1.165) is 0 Å². The molecule has 20 heavy (non-hydrogen) atoms. The molecular weight excluding hydrogens is 284 g/mol. The van der Waals surface area contributed by atoms with Gasteiger partial charge in [-0.2, -0.15) is 0 Å². The third kappa shape index (κ3) is 2.82. The number of sulfone groups is 1. The molecule has 0 spiro atoms. The summed E-state index contributed by atoms with van der Waals surface area (Å²) in [6, 6.07) is 4.28. The number of fused-ring (bicyclic) bond motifs is 1. The fourth-order valence-corrected chi connectivity index (χ4v) is 3.53. The number of nitrogens with zero attached hydrogens (tertiary/aromatic N) is 1. The van der Waals surface area contributed by atoms with Crippen molar-refractivity contribution in [3.63, 3.8) is 0 Å². The molecule has 0 saturated heterocycles. The molecule has 7 nitrogen and oxygen atoms in total. The summed E-state index contributed by atoms with van der Waals surface area (Å²) in [5.74, 6) is -0.319. The quantitative estimate of drug-likeness (QED) is 0.647. The molecule has 0 aromatic heterocycles. The molecule has 0 unspecified atom stereocenters. The Labute approximate surface area is 116 Å². The van der Waals surface area contributed by atoms with Gasteiger partial charge in [0.1, 0.15) is 0 Å². The van der Waals surface area contributed by atoms with Crippen LogP contribution in [0.25, 0.3) is 0 Å². The lowest BCUT2D eigenvalue weighted by molar-refractivity contribution is -0.385. The van der Waals surface area contributed by atoms with Crippen LogP contribution in [0.1, 0.15) is 18.1 Å². The van der Waals surface area contributed by atoms with Crippen LogP contribution in [0.5, 0.6) is 0 Å². The van der Waals surface area contributed by atoms with E-state index in [2.05, 4.69) is 0 Å². The zero-order chi connectivity index (χ0) is 15.0. The molecule has 0 amide bonds. The highest BCUT2D eigenvalue weighted by atomic mass is 32.2. The van der Waals surface area contributed by atoms with E-state index in [-0.39, 0.29) is 30.4 Å². The fourth-order valence-electron chi connectivity index (χ4n) is 2.30. The fraction of sp³-hybridized carbons (Fsp3) is 0.500. The lowest BCUT2D eigenvalue weighted by Crippen LogP contribution is -2.50. The lowest BCUT2D eigenvalue weighted by atomic mass is 9.87. The van der Waals surface area contributed by atoms with Gasteiger partial charge in [0.15, 0.2) is 9.84 Å². The zero-order valence-corrected chi connectivity index (χ0v) is 11.9. The van der Waals surface area contributed by atoms with E-state index in [1.54, 1.807) is 6.07 Å². The van der Waals surface area contributed by atoms with Crippen LogP contribution in [-0.4, -0.2) is 31.5 Å². The number of non-ortho nitro benzene ring substituents is 1. The first-order chi connectivity index (χ1) is 9.27. The molecule has 1 heterocycles. The van der Waals surface area contributed by atoms with Crippen molar-refractivity contribution in [2.45, 2.75) is 19.1 Å². The number of rotatable bonds is 4. The van der Waals surface area contributed by atoms with Crippen LogP contribution in [0.2, 0.25) is 0 Å². The number of hydrogen-bond acceptors (Lipinski definition) is 6. The third-order valence-corrected chi connectivity index (χ3v) is 5.21. The van der Waals surface area contributed by atoms with Gasteiger partial charge >= 0.3 is 0 Å². The maximum absolute atomic E-state index is 11.8. The normalized spacial score (nSPS) is 22.3. The standard InChI is InChI=1S/C12H16N2O5S/c1-2-20(17,18)8-12(13)7-19-6-9-3-4-10(14(15)16)5-11(9)12/h3-5H,2,6-8,13H2,1H3/t12-/m0/s1. The summed E-state index contributed by atoms with van der Waals surface area (Å²) in [7, 11) is -3.33. The van der Waals surface area contributed by atoms with Crippen LogP contribution in [0, 0.1) is 10.1 Å². The Morgan fingerprint density at radius 2 is 2.20 bits per heavy atom. The SMILES string of the molecule is CCS(=O)(=O)C[C@@]1(N)COCc2ccc([N+](=O)[O-])cc21. The first-order valence-electron chi connectivity index (χ1n) is 6.12. The molecule has 0 fully saturated rings. The second kappa shape index (κ2) is 5.12. The highest BCUT2D eigenvalue weighted by Gasteiger charge is 2.38. The molecule has 2 rings (SSSR count). The molecule has 0 saturated carbocycles. The molecule has 110 valence electrons. The number of nitro groups is 1. The topological polar surface area (TPSA) is 113 Å². The molecule has 1 aliphatic heterocycles.